The monoisotopic (exact) mass is 338 g/mol. The lowest BCUT2D eigenvalue weighted by molar-refractivity contribution is 0.439. The van der Waals surface area contributed by atoms with Crippen LogP contribution in [0.1, 0.15) is 37.2 Å². The topological polar surface area (TPSA) is 73.8 Å². The van der Waals surface area contributed by atoms with E-state index < -0.39 is 0 Å². The van der Waals surface area contributed by atoms with E-state index in [-0.39, 0.29) is 6.04 Å². The van der Waals surface area contributed by atoms with Crippen LogP contribution in [0.15, 0.2) is 29.0 Å². The molecule has 0 aliphatic rings. The predicted molar refractivity (Wildman–Crippen MR) is 81.5 cm³/mol. The quantitative estimate of drug-likeness (QED) is 0.678. The Morgan fingerprint density at radius 1 is 1.45 bits per heavy atom. The molecule has 6 heteroatoms. The van der Waals surface area contributed by atoms with E-state index in [4.69, 9.17) is 0 Å². The summed E-state index contributed by atoms with van der Waals surface area (Å²) in [4.78, 5) is 4.10. The number of aromatic hydroxyl groups is 1. The standard InChI is InChI=1S/C14H19BrN4O/c1-2-12(11-8-10(15)5-6-13(11)20)16-7-3-4-14-17-9-18-19-14/h5-6,8-9,12,16,20H,2-4,7H2,1H3,(H,17,18,19). The molecule has 108 valence electrons. The summed E-state index contributed by atoms with van der Waals surface area (Å²) in [5.41, 5.74) is 0.932. The molecule has 0 aliphatic carbocycles. The Morgan fingerprint density at radius 2 is 2.30 bits per heavy atom. The van der Waals surface area contributed by atoms with Crippen LogP contribution in [0.2, 0.25) is 0 Å². The summed E-state index contributed by atoms with van der Waals surface area (Å²) in [5.74, 6) is 1.24. The molecule has 1 aromatic heterocycles. The van der Waals surface area contributed by atoms with Gasteiger partial charge >= 0.3 is 0 Å². The number of hydrogen-bond donors (Lipinski definition) is 3. The van der Waals surface area contributed by atoms with Gasteiger partial charge in [0.2, 0.25) is 0 Å². The normalized spacial score (nSPS) is 12.5. The number of phenolic OH excluding ortho intramolecular Hbond substituents is 1. The molecule has 0 saturated carbocycles. The van der Waals surface area contributed by atoms with Gasteiger partial charge in [-0.05, 0) is 37.6 Å². The summed E-state index contributed by atoms with van der Waals surface area (Å²) in [6.07, 6.45) is 4.29. The van der Waals surface area contributed by atoms with Gasteiger partial charge in [0.25, 0.3) is 0 Å². The largest absolute Gasteiger partial charge is 0.508 e. The van der Waals surface area contributed by atoms with Gasteiger partial charge in [-0.3, -0.25) is 5.10 Å². The third-order valence-electron chi connectivity index (χ3n) is 3.22. The lowest BCUT2D eigenvalue weighted by atomic mass is 10.0. The highest BCUT2D eigenvalue weighted by molar-refractivity contribution is 9.10. The maximum Gasteiger partial charge on any atom is 0.137 e. The number of phenols is 1. The maximum atomic E-state index is 9.96. The Bertz CT molecular complexity index is 530. The molecular formula is C14H19BrN4O. The second kappa shape index (κ2) is 7.40. The van der Waals surface area contributed by atoms with Gasteiger partial charge in [-0.15, -0.1) is 0 Å². The molecule has 2 rings (SSSR count). The Kier molecular flexibility index (Phi) is 5.55. The Balaban J connectivity index is 1.87. The van der Waals surface area contributed by atoms with Gasteiger partial charge in [0, 0.05) is 22.5 Å². The van der Waals surface area contributed by atoms with Gasteiger partial charge in [-0.25, -0.2) is 4.98 Å². The van der Waals surface area contributed by atoms with E-state index >= 15 is 0 Å². The minimum atomic E-state index is 0.155. The molecule has 0 aliphatic heterocycles. The lowest BCUT2D eigenvalue weighted by Crippen LogP contribution is -2.22. The van der Waals surface area contributed by atoms with Crippen LogP contribution in [0.4, 0.5) is 0 Å². The highest BCUT2D eigenvalue weighted by atomic mass is 79.9. The van der Waals surface area contributed by atoms with Crippen molar-refractivity contribution in [3.8, 4) is 5.75 Å². The smallest absolute Gasteiger partial charge is 0.137 e. The first-order chi connectivity index (χ1) is 9.70. The van der Waals surface area contributed by atoms with Gasteiger partial charge in [0.1, 0.15) is 17.9 Å². The third kappa shape index (κ3) is 4.05. The second-order valence-electron chi connectivity index (χ2n) is 4.65. The summed E-state index contributed by atoms with van der Waals surface area (Å²) in [6, 6.07) is 5.68. The number of aromatic amines is 1. The Labute approximate surface area is 127 Å². The molecular weight excluding hydrogens is 320 g/mol. The van der Waals surface area contributed by atoms with Gasteiger partial charge in [-0.1, -0.05) is 22.9 Å². The van der Waals surface area contributed by atoms with Crippen molar-refractivity contribution in [3.05, 3.63) is 40.4 Å². The molecule has 1 unspecified atom stereocenters. The molecule has 5 nitrogen and oxygen atoms in total. The fourth-order valence-electron chi connectivity index (χ4n) is 2.16. The van der Waals surface area contributed by atoms with Crippen molar-refractivity contribution in [2.24, 2.45) is 0 Å². The first-order valence-corrected chi connectivity index (χ1v) is 7.56. The van der Waals surface area contributed by atoms with Crippen molar-refractivity contribution in [2.45, 2.75) is 32.2 Å². The van der Waals surface area contributed by atoms with E-state index in [0.717, 1.165) is 41.7 Å². The van der Waals surface area contributed by atoms with E-state index in [9.17, 15) is 5.11 Å². The summed E-state index contributed by atoms with van der Waals surface area (Å²) < 4.78 is 0.979. The number of benzene rings is 1. The molecule has 0 saturated heterocycles. The number of aryl methyl sites for hydroxylation is 1. The van der Waals surface area contributed by atoms with E-state index in [0.29, 0.717) is 5.75 Å². The van der Waals surface area contributed by atoms with E-state index in [2.05, 4.69) is 43.4 Å². The van der Waals surface area contributed by atoms with Crippen molar-refractivity contribution >= 4 is 15.9 Å². The Morgan fingerprint density at radius 3 is 3.00 bits per heavy atom. The Hall–Kier alpha value is -1.40. The molecule has 1 aromatic carbocycles. The third-order valence-corrected chi connectivity index (χ3v) is 3.71. The van der Waals surface area contributed by atoms with Crippen LogP contribution >= 0.6 is 15.9 Å². The van der Waals surface area contributed by atoms with Crippen LogP contribution in [0, 0.1) is 0 Å². The van der Waals surface area contributed by atoms with Gasteiger partial charge in [-0.2, -0.15) is 5.10 Å². The van der Waals surface area contributed by atoms with Gasteiger partial charge < -0.3 is 10.4 Å². The van der Waals surface area contributed by atoms with E-state index in [1.165, 1.54) is 6.33 Å². The number of hydrogen-bond acceptors (Lipinski definition) is 4. The minimum Gasteiger partial charge on any atom is -0.508 e. The number of rotatable bonds is 7. The van der Waals surface area contributed by atoms with Crippen molar-refractivity contribution < 1.29 is 5.11 Å². The van der Waals surface area contributed by atoms with E-state index in [1.807, 2.05) is 12.1 Å². The molecule has 0 bridgehead atoms. The molecule has 0 radical (unpaired) electrons. The number of halogens is 1. The molecule has 1 heterocycles. The summed E-state index contributed by atoms with van der Waals surface area (Å²) >= 11 is 3.44. The molecule has 20 heavy (non-hydrogen) atoms. The number of aromatic nitrogens is 3. The highest BCUT2D eigenvalue weighted by Crippen LogP contribution is 2.29. The maximum absolute atomic E-state index is 9.96. The SMILES string of the molecule is CCC(NCCCc1ncn[nH]1)c1cc(Br)ccc1O. The van der Waals surface area contributed by atoms with Crippen LogP contribution in [0.3, 0.4) is 0 Å². The fraction of sp³-hybridized carbons (Fsp3) is 0.429. The minimum absolute atomic E-state index is 0.155. The van der Waals surface area contributed by atoms with Crippen molar-refractivity contribution in [1.29, 1.82) is 0 Å². The van der Waals surface area contributed by atoms with Crippen LogP contribution in [-0.4, -0.2) is 26.8 Å². The van der Waals surface area contributed by atoms with Crippen molar-refractivity contribution in [3.63, 3.8) is 0 Å². The zero-order valence-electron chi connectivity index (χ0n) is 11.4. The van der Waals surface area contributed by atoms with Gasteiger partial charge in [0.05, 0.1) is 0 Å². The molecule has 0 spiro atoms. The predicted octanol–water partition coefficient (Wildman–Crippen LogP) is 2.95. The molecule has 2 aromatic rings. The van der Waals surface area contributed by atoms with Crippen LogP contribution in [-0.2, 0) is 6.42 Å². The van der Waals surface area contributed by atoms with E-state index in [1.54, 1.807) is 6.07 Å². The lowest BCUT2D eigenvalue weighted by Gasteiger charge is -2.18. The molecule has 0 fully saturated rings. The number of nitrogens with zero attached hydrogens (tertiary/aromatic N) is 2. The first kappa shape index (κ1) is 15.0. The second-order valence-corrected chi connectivity index (χ2v) is 5.57. The summed E-state index contributed by atoms with van der Waals surface area (Å²) in [5, 5.41) is 20.1. The zero-order valence-corrected chi connectivity index (χ0v) is 13.0. The first-order valence-electron chi connectivity index (χ1n) is 6.76. The summed E-state index contributed by atoms with van der Waals surface area (Å²) in [6.45, 7) is 2.97. The fourth-order valence-corrected chi connectivity index (χ4v) is 2.54. The van der Waals surface area contributed by atoms with Crippen LogP contribution in [0.5, 0.6) is 5.75 Å². The van der Waals surface area contributed by atoms with Gasteiger partial charge in [0.15, 0.2) is 0 Å². The van der Waals surface area contributed by atoms with Crippen LogP contribution in [0.25, 0.3) is 0 Å². The van der Waals surface area contributed by atoms with Crippen molar-refractivity contribution in [2.75, 3.05) is 6.54 Å². The number of H-pyrrole nitrogens is 1. The zero-order chi connectivity index (χ0) is 14.4. The van der Waals surface area contributed by atoms with Crippen molar-refractivity contribution in [1.82, 2.24) is 20.5 Å². The molecule has 3 N–H and O–H groups in total. The summed E-state index contributed by atoms with van der Waals surface area (Å²) in [7, 11) is 0. The van der Waals surface area contributed by atoms with Crippen LogP contribution < -0.4 is 5.32 Å². The average Bonchev–Trinajstić information content (AvgIpc) is 2.95. The highest BCUT2D eigenvalue weighted by Gasteiger charge is 2.13. The molecule has 0 amide bonds. The number of nitrogens with one attached hydrogen (secondary N) is 2. The molecule has 1 atom stereocenters. The average molecular weight is 339 g/mol.